The number of amides is 1. The predicted molar refractivity (Wildman–Crippen MR) is 111 cm³/mol. The van der Waals surface area contributed by atoms with E-state index in [1.807, 2.05) is 36.4 Å². The van der Waals surface area contributed by atoms with Crippen LogP contribution in [0.1, 0.15) is 18.4 Å². The molecule has 138 valence electrons. The largest absolute Gasteiger partial charge is 0.359 e. The van der Waals surface area contributed by atoms with Gasteiger partial charge in [-0.05, 0) is 58.8 Å². The molecule has 0 aliphatic carbocycles. The first-order valence-electron chi connectivity index (χ1n) is 9.12. The second-order valence-electron chi connectivity index (χ2n) is 6.72. The van der Waals surface area contributed by atoms with Crippen LogP contribution < -0.4 is 5.32 Å². The van der Waals surface area contributed by atoms with Gasteiger partial charge in [-0.2, -0.15) is 5.26 Å². The summed E-state index contributed by atoms with van der Waals surface area (Å²) >= 11 is 3.45. The van der Waals surface area contributed by atoms with Gasteiger partial charge in [-0.1, -0.05) is 42.5 Å². The zero-order chi connectivity index (χ0) is 19.1. The molecule has 1 amide bonds. The minimum atomic E-state index is -0.199. The number of anilines is 1. The summed E-state index contributed by atoms with van der Waals surface area (Å²) in [5, 5.41) is 12.5. The van der Waals surface area contributed by atoms with E-state index in [0.717, 1.165) is 29.4 Å². The summed E-state index contributed by atoms with van der Waals surface area (Å²) < 4.78 is 0.882. The first-order valence-corrected chi connectivity index (χ1v) is 9.91. The van der Waals surface area contributed by atoms with Crippen LogP contribution in [0.5, 0.6) is 0 Å². The summed E-state index contributed by atoms with van der Waals surface area (Å²) in [4.78, 5) is 14.5. The van der Waals surface area contributed by atoms with Gasteiger partial charge in [0, 0.05) is 23.8 Å². The number of nitriles is 1. The molecule has 4 nitrogen and oxygen atoms in total. The number of rotatable bonds is 5. The Morgan fingerprint density at radius 1 is 1.15 bits per heavy atom. The monoisotopic (exact) mass is 423 g/mol. The maximum atomic E-state index is 12.7. The van der Waals surface area contributed by atoms with Crippen LogP contribution in [-0.2, 0) is 11.2 Å². The molecule has 0 radical (unpaired) electrons. The summed E-state index contributed by atoms with van der Waals surface area (Å²) in [5.74, 6) is 0.388. The Labute approximate surface area is 168 Å². The lowest BCUT2D eigenvalue weighted by molar-refractivity contribution is -0.128. The maximum absolute atomic E-state index is 12.7. The standard InChI is InChI=1S/C22H22BrN3O/c23-20-8-4-5-9-21(20)25-16-19(15-24)22(27)26-12-10-18(11-13-26)14-17-6-2-1-3-7-17/h1-9,16,18,25H,10-14H2/b19-16-. The van der Waals surface area contributed by atoms with Gasteiger partial charge in [0.1, 0.15) is 11.6 Å². The van der Waals surface area contributed by atoms with Gasteiger partial charge >= 0.3 is 0 Å². The molecule has 1 aliphatic heterocycles. The zero-order valence-corrected chi connectivity index (χ0v) is 16.7. The summed E-state index contributed by atoms with van der Waals surface area (Å²) in [6, 6.07) is 20.1. The molecule has 5 heteroatoms. The quantitative estimate of drug-likeness (QED) is 0.557. The summed E-state index contributed by atoms with van der Waals surface area (Å²) in [7, 11) is 0. The van der Waals surface area contributed by atoms with Crippen molar-refractivity contribution in [1.82, 2.24) is 4.90 Å². The second kappa shape index (κ2) is 9.38. The molecule has 0 unspecified atom stereocenters. The lowest BCUT2D eigenvalue weighted by Crippen LogP contribution is -2.39. The number of hydrogen-bond donors (Lipinski definition) is 1. The molecule has 0 saturated carbocycles. The molecular weight excluding hydrogens is 402 g/mol. The van der Waals surface area contributed by atoms with Gasteiger partial charge < -0.3 is 10.2 Å². The molecule has 3 rings (SSSR count). The lowest BCUT2D eigenvalue weighted by Gasteiger charge is -2.32. The summed E-state index contributed by atoms with van der Waals surface area (Å²) in [6.45, 7) is 1.40. The third-order valence-corrected chi connectivity index (χ3v) is 5.56. The fourth-order valence-corrected chi connectivity index (χ4v) is 3.73. The van der Waals surface area contributed by atoms with Crippen LogP contribution in [0.3, 0.4) is 0 Å². The molecule has 1 heterocycles. The number of halogens is 1. The number of carbonyl (C=O) groups is 1. The minimum Gasteiger partial charge on any atom is -0.359 e. The van der Waals surface area contributed by atoms with Gasteiger partial charge in [0.25, 0.3) is 5.91 Å². The third kappa shape index (κ3) is 5.21. The Balaban J connectivity index is 1.56. The van der Waals surface area contributed by atoms with Gasteiger partial charge in [-0.3, -0.25) is 4.79 Å². The van der Waals surface area contributed by atoms with E-state index in [0.29, 0.717) is 19.0 Å². The van der Waals surface area contributed by atoms with Crippen LogP contribution in [0.25, 0.3) is 0 Å². The van der Waals surface area contributed by atoms with E-state index in [9.17, 15) is 10.1 Å². The molecule has 1 fully saturated rings. The van der Waals surface area contributed by atoms with Crippen molar-refractivity contribution in [3.05, 3.63) is 76.4 Å². The molecule has 1 N–H and O–H groups in total. The van der Waals surface area contributed by atoms with Gasteiger partial charge in [0.2, 0.25) is 0 Å². The molecule has 2 aromatic carbocycles. The lowest BCUT2D eigenvalue weighted by atomic mass is 9.90. The number of hydrogen-bond acceptors (Lipinski definition) is 3. The van der Waals surface area contributed by atoms with Gasteiger partial charge in [-0.25, -0.2) is 0 Å². The van der Waals surface area contributed by atoms with Gasteiger partial charge in [0.15, 0.2) is 0 Å². The highest BCUT2D eigenvalue weighted by molar-refractivity contribution is 9.10. The van der Waals surface area contributed by atoms with E-state index in [4.69, 9.17) is 0 Å². The average Bonchev–Trinajstić information content (AvgIpc) is 2.71. The maximum Gasteiger partial charge on any atom is 0.266 e. The Kier molecular flexibility index (Phi) is 6.67. The van der Waals surface area contributed by atoms with Crippen LogP contribution >= 0.6 is 15.9 Å². The highest BCUT2D eigenvalue weighted by Gasteiger charge is 2.25. The van der Waals surface area contributed by atoms with Crippen molar-refractivity contribution in [2.75, 3.05) is 18.4 Å². The Bertz CT molecular complexity index is 849. The molecule has 0 atom stereocenters. The van der Waals surface area contributed by atoms with Gasteiger partial charge in [0.05, 0.1) is 5.69 Å². The summed E-state index contributed by atoms with van der Waals surface area (Å²) in [5.41, 5.74) is 2.30. The highest BCUT2D eigenvalue weighted by Crippen LogP contribution is 2.24. The molecule has 2 aromatic rings. The van der Waals surface area contributed by atoms with E-state index in [1.165, 1.54) is 11.8 Å². The van der Waals surface area contributed by atoms with Crippen LogP contribution in [-0.4, -0.2) is 23.9 Å². The fraction of sp³-hybridized carbons (Fsp3) is 0.273. The molecule has 1 aliphatic rings. The predicted octanol–water partition coefficient (Wildman–Crippen LogP) is 4.75. The third-order valence-electron chi connectivity index (χ3n) is 4.87. The van der Waals surface area contributed by atoms with E-state index in [2.05, 4.69) is 45.5 Å². The second-order valence-corrected chi connectivity index (χ2v) is 7.57. The van der Waals surface area contributed by atoms with Crippen LogP contribution in [0.4, 0.5) is 5.69 Å². The van der Waals surface area contributed by atoms with Gasteiger partial charge in [-0.15, -0.1) is 0 Å². The van der Waals surface area contributed by atoms with Crippen molar-refractivity contribution in [3.8, 4) is 6.07 Å². The van der Waals surface area contributed by atoms with Crippen LogP contribution in [0.15, 0.2) is 70.8 Å². The van der Waals surface area contributed by atoms with E-state index < -0.39 is 0 Å². The van der Waals surface area contributed by atoms with Crippen molar-refractivity contribution >= 4 is 27.5 Å². The van der Waals surface area contributed by atoms with E-state index >= 15 is 0 Å². The number of carbonyl (C=O) groups excluding carboxylic acids is 1. The van der Waals surface area contributed by atoms with E-state index in [1.54, 1.807) is 4.90 Å². The topological polar surface area (TPSA) is 56.1 Å². The molecule has 0 bridgehead atoms. The molecule has 27 heavy (non-hydrogen) atoms. The minimum absolute atomic E-state index is 0.132. The van der Waals surface area contributed by atoms with E-state index in [-0.39, 0.29) is 11.5 Å². The molecule has 0 spiro atoms. The average molecular weight is 424 g/mol. The highest BCUT2D eigenvalue weighted by atomic mass is 79.9. The smallest absolute Gasteiger partial charge is 0.266 e. The van der Waals surface area contributed by atoms with Crippen molar-refractivity contribution < 1.29 is 4.79 Å². The normalized spacial score (nSPS) is 15.3. The SMILES string of the molecule is N#C/C(=C/Nc1ccccc1Br)C(=O)N1CCC(Cc2ccccc2)CC1. The number of para-hydroxylation sites is 1. The van der Waals surface area contributed by atoms with Crippen molar-refractivity contribution in [2.24, 2.45) is 5.92 Å². The number of benzene rings is 2. The number of nitrogens with one attached hydrogen (secondary N) is 1. The van der Waals surface area contributed by atoms with Crippen molar-refractivity contribution in [1.29, 1.82) is 5.26 Å². The molecular formula is C22H22BrN3O. The molecule has 1 saturated heterocycles. The Morgan fingerprint density at radius 2 is 1.81 bits per heavy atom. The van der Waals surface area contributed by atoms with Crippen LogP contribution in [0, 0.1) is 17.2 Å². The number of nitrogens with zero attached hydrogens (tertiary/aromatic N) is 2. The van der Waals surface area contributed by atoms with Crippen LogP contribution in [0.2, 0.25) is 0 Å². The fourth-order valence-electron chi connectivity index (χ4n) is 3.33. The van der Waals surface area contributed by atoms with Crippen molar-refractivity contribution in [2.45, 2.75) is 19.3 Å². The van der Waals surface area contributed by atoms with Crippen molar-refractivity contribution in [3.63, 3.8) is 0 Å². The summed E-state index contributed by atoms with van der Waals surface area (Å²) in [6.07, 6.45) is 4.49. The Hall–Kier alpha value is -2.58. The number of likely N-dealkylation sites (tertiary alicyclic amines) is 1. The zero-order valence-electron chi connectivity index (χ0n) is 15.1. The first-order chi connectivity index (χ1) is 13.2. The molecule has 0 aromatic heterocycles. The Morgan fingerprint density at radius 3 is 2.48 bits per heavy atom. The first kappa shape index (κ1) is 19.2. The number of piperidine rings is 1.